The summed E-state index contributed by atoms with van der Waals surface area (Å²) in [5, 5.41) is 3.68. The van der Waals surface area contributed by atoms with Gasteiger partial charge < -0.3 is 9.51 Å². The minimum absolute atomic E-state index is 0.00623. The van der Waals surface area contributed by atoms with Gasteiger partial charge in [-0.1, -0.05) is 5.16 Å². The molecule has 3 rings (SSSR count). The Hall–Kier alpha value is -3.04. The third kappa shape index (κ3) is 2.96. The molecular weight excluding hydrogens is 315 g/mol. The van der Waals surface area contributed by atoms with Gasteiger partial charge in [0.05, 0.1) is 17.5 Å². The molecule has 0 fully saturated rings. The third-order valence-corrected chi connectivity index (χ3v) is 2.93. The lowest BCUT2D eigenvalue weighted by Gasteiger charge is -2.07. The standard InChI is InChI=1S/C13H8F3N5O2/c1-6-7(2-3-9(19-6)13(14,15)16)12-20-11(21-23-12)8-4-18-10(22)5-17-8/h2-5H,1H3,(H,18,22). The molecular formula is C13H8F3N5O2. The van der Waals surface area contributed by atoms with Gasteiger partial charge in [-0.25, -0.2) is 9.97 Å². The Morgan fingerprint density at radius 2 is 2.00 bits per heavy atom. The van der Waals surface area contributed by atoms with Crippen molar-refractivity contribution in [3.05, 3.63) is 46.3 Å². The molecule has 0 radical (unpaired) electrons. The van der Waals surface area contributed by atoms with Gasteiger partial charge in [-0.2, -0.15) is 18.2 Å². The first kappa shape index (κ1) is 14.9. The predicted octanol–water partition coefficient (Wildman–Crippen LogP) is 2.21. The van der Waals surface area contributed by atoms with Crippen LogP contribution >= 0.6 is 0 Å². The van der Waals surface area contributed by atoms with Crippen molar-refractivity contribution >= 4 is 0 Å². The van der Waals surface area contributed by atoms with Gasteiger partial charge >= 0.3 is 6.18 Å². The number of hydrogen-bond donors (Lipinski definition) is 1. The summed E-state index contributed by atoms with van der Waals surface area (Å²) in [6.07, 6.45) is -2.17. The Morgan fingerprint density at radius 1 is 1.22 bits per heavy atom. The molecule has 0 amide bonds. The molecule has 3 aromatic rings. The van der Waals surface area contributed by atoms with E-state index in [9.17, 15) is 18.0 Å². The lowest BCUT2D eigenvalue weighted by molar-refractivity contribution is -0.141. The topological polar surface area (TPSA) is 97.6 Å². The number of pyridine rings is 1. The zero-order chi connectivity index (χ0) is 16.6. The molecule has 7 nitrogen and oxygen atoms in total. The van der Waals surface area contributed by atoms with Crippen molar-refractivity contribution in [2.45, 2.75) is 13.1 Å². The van der Waals surface area contributed by atoms with E-state index in [-0.39, 0.29) is 34.2 Å². The van der Waals surface area contributed by atoms with E-state index >= 15 is 0 Å². The second kappa shape index (κ2) is 5.30. The van der Waals surface area contributed by atoms with Gasteiger partial charge in [0.2, 0.25) is 5.82 Å². The quantitative estimate of drug-likeness (QED) is 0.776. The summed E-state index contributed by atoms with van der Waals surface area (Å²) in [5.41, 5.74) is -0.746. The fourth-order valence-electron chi connectivity index (χ4n) is 1.85. The van der Waals surface area contributed by atoms with Crippen molar-refractivity contribution in [3.63, 3.8) is 0 Å². The maximum atomic E-state index is 12.6. The van der Waals surface area contributed by atoms with Crippen molar-refractivity contribution in [2.24, 2.45) is 0 Å². The summed E-state index contributed by atoms with van der Waals surface area (Å²) in [4.78, 5) is 24.7. The molecule has 0 aliphatic heterocycles. The average Bonchev–Trinajstić information content (AvgIpc) is 2.96. The van der Waals surface area contributed by atoms with E-state index in [1.54, 1.807) is 0 Å². The zero-order valence-electron chi connectivity index (χ0n) is 11.5. The molecule has 118 valence electrons. The number of H-pyrrole nitrogens is 1. The highest BCUT2D eigenvalue weighted by Gasteiger charge is 2.33. The fraction of sp³-hybridized carbons (Fsp3) is 0.154. The minimum Gasteiger partial charge on any atom is -0.333 e. The van der Waals surface area contributed by atoms with Crippen LogP contribution in [0.3, 0.4) is 0 Å². The van der Waals surface area contributed by atoms with Crippen molar-refractivity contribution in [1.82, 2.24) is 25.1 Å². The van der Waals surface area contributed by atoms with Gasteiger partial charge in [-0.3, -0.25) is 4.79 Å². The van der Waals surface area contributed by atoms with Crippen LogP contribution in [0, 0.1) is 6.92 Å². The van der Waals surface area contributed by atoms with E-state index in [1.165, 1.54) is 19.2 Å². The molecule has 23 heavy (non-hydrogen) atoms. The molecule has 0 atom stereocenters. The number of aromatic amines is 1. The minimum atomic E-state index is -4.52. The van der Waals surface area contributed by atoms with Gasteiger partial charge in [0.1, 0.15) is 11.4 Å². The Morgan fingerprint density at radius 3 is 2.61 bits per heavy atom. The fourth-order valence-corrected chi connectivity index (χ4v) is 1.85. The van der Waals surface area contributed by atoms with Crippen molar-refractivity contribution in [1.29, 1.82) is 0 Å². The summed E-state index contributed by atoms with van der Waals surface area (Å²) in [5.74, 6) is 0.0993. The molecule has 0 aliphatic carbocycles. The van der Waals surface area contributed by atoms with Gasteiger partial charge in [0, 0.05) is 6.20 Å². The number of nitrogens with zero attached hydrogens (tertiary/aromatic N) is 4. The second-order valence-corrected chi connectivity index (χ2v) is 4.55. The smallest absolute Gasteiger partial charge is 0.333 e. The van der Waals surface area contributed by atoms with Crippen LogP contribution in [-0.4, -0.2) is 25.1 Å². The van der Waals surface area contributed by atoms with Crippen LogP contribution in [0.2, 0.25) is 0 Å². The number of nitrogens with one attached hydrogen (secondary N) is 1. The molecule has 0 saturated heterocycles. The van der Waals surface area contributed by atoms with Crippen molar-refractivity contribution in [3.8, 4) is 23.0 Å². The van der Waals surface area contributed by atoms with E-state index in [1.807, 2.05) is 0 Å². The average molecular weight is 323 g/mol. The first-order chi connectivity index (χ1) is 10.8. The van der Waals surface area contributed by atoms with E-state index in [0.717, 1.165) is 12.3 Å². The van der Waals surface area contributed by atoms with Gasteiger partial charge in [0.25, 0.3) is 11.4 Å². The molecule has 3 heterocycles. The Balaban J connectivity index is 1.97. The Bertz CT molecular complexity index is 896. The number of aryl methyl sites for hydroxylation is 1. The van der Waals surface area contributed by atoms with Crippen LogP contribution in [0.15, 0.2) is 33.8 Å². The van der Waals surface area contributed by atoms with Gasteiger partial charge in [-0.15, -0.1) is 0 Å². The Kier molecular flexibility index (Phi) is 3.43. The molecule has 0 saturated carbocycles. The van der Waals surface area contributed by atoms with E-state index < -0.39 is 11.9 Å². The van der Waals surface area contributed by atoms with Crippen LogP contribution < -0.4 is 5.56 Å². The van der Waals surface area contributed by atoms with E-state index in [2.05, 4.69) is 25.1 Å². The molecule has 3 aromatic heterocycles. The van der Waals surface area contributed by atoms with E-state index in [0.29, 0.717) is 0 Å². The number of aromatic nitrogens is 5. The first-order valence-electron chi connectivity index (χ1n) is 6.28. The molecule has 0 bridgehead atoms. The van der Waals surface area contributed by atoms with Crippen LogP contribution in [0.5, 0.6) is 0 Å². The summed E-state index contributed by atoms with van der Waals surface area (Å²) in [7, 11) is 0. The van der Waals surface area contributed by atoms with Crippen LogP contribution in [-0.2, 0) is 6.18 Å². The largest absolute Gasteiger partial charge is 0.433 e. The van der Waals surface area contributed by atoms with Crippen LogP contribution in [0.4, 0.5) is 13.2 Å². The number of halogens is 3. The molecule has 1 N–H and O–H groups in total. The lowest BCUT2D eigenvalue weighted by atomic mass is 10.2. The van der Waals surface area contributed by atoms with Gasteiger partial charge in [-0.05, 0) is 19.1 Å². The molecule has 10 heteroatoms. The van der Waals surface area contributed by atoms with E-state index in [4.69, 9.17) is 4.52 Å². The predicted molar refractivity (Wildman–Crippen MR) is 71.1 cm³/mol. The first-order valence-corrected chi connectivity index (χ1v) is 6.28. The number of hydrogen-bond acceptors (Lipinski definition) is 6. The lowest BCUT2D eigenvalue weighted by Crippen LogP contribution is -2.08. The summed E-state index contributed by atoms with van der Waals surface area (Å²) < 4.78 is 42.9. The molecule has 0 spiro atoms. The highest BCUT2D eigenvalue weighted by Crippen LogP contribution is 2.30. The molecule has 0 aromatic carbocycles. The molecule has 0 unspecified atom stereocenters. The SMILES string of the molecule is Cc1nc(C(F)(F)F)ccc1-c1nc(-c2c[nH]c(=O)cn2)no1. The van der Waals surface area contributed by atoms with Gasteiger partial charge in [0.15, 0.2) is 0 Å². The maximum absolute atomic E-state index is 12.6. The Labute approximate surface area is 126 Å². The van der Waals surface area contributed by atoms with Crippen molar-refractivity contribution < 1.29 is 17.7 Å². The number of rotatable bonds is 2. The summed E-state index contributed by atoms with van der Waals surface area (Å²) in [6.45, 7) is 1.41. The monoisotopic (exact) mass is 323 g/mol. The summed E-state index contributed by atoms with van der Waals surface area (Å²) in [6, 6.07) is 2.05. The highest BCUT2D eigenvalue weighted by atomic mass is 19.4. The van der Waals surface area contributed by atoms with Crippen molar-refractivity contribution in [2.75, 3.05) is 0 Å². The van der Waals surface area contributed by atoms with Crippen LogP contribution in [0.25, 0.3) is 23.0 Å². The third-order valence-electron chi connectivity index (χ3n) is 2.93. The summed E-state index contributed by atoms with van der Waals surface area (Å²) >= 11 is 0. The highest BCUT2D eigenvalue weighted by molar-refractivity contribution is 5.59. The maximum Gasteiger partial charge on any atom is 0.433 e. The van der Waals surface area contributed by atoms with Crippen LogP contribution in [0.1, 0.15) is 11.4 Å². The molecule has 0 aliphatic rings. The zero-order valence-corrected chi connectivity index (χ0v) is 11.5. The normalized spacial score (nSPS) is 11.7. The second-order valence-electron chi connectivity index (χ2n) is 4.55. The number of alkyl halides is 3.